The first-order valence-corrected chi connectivity index (χ1v) is 9.44. The van der Waals surface area contributed by atoms with Crippen molar-refractivity contribution >= 4 is 23.8 Å². The van der Waals surface area contributed by atoms with Crippen molar-refractivity contribution in [3.05, 3.63) is 11.1 Å². The van der Waals surface area contributed by atoms with Crippen LogP contribution in [0, 0.1) is 0 Å². The number of carbonyl (C=O) groups is 3. The highest BCUT2D eigenvalue weighted by molar-refractivity contribution is 6.23. The molecule has 0 spiro atoms. The summed E-state index contributed by atoms with van der Waals surface area (Å²) in [6, 6.07) is 0. The Balaban J connectivity index is 3.77. The second-order valence-corrected chi connectivity index (χ2v) is 9.98. The number of esters is 3. The average Bonchev–Trinajstić information content (AvgIpc) is 2.63. The Morgan fingerprint density at radius 2 is 1.31 bits per heavy atom. The first kappa shape index (κ1) is 24.7. The largest absolute Gasteiger partial charge is 0.456 e. The number of ether oxygens (including phenoxy) is 4. The molecule has 0 N–H and O–H groups in total. The van der Waals surface area contributed by atoms with Crippen LogP contribution in [-0.4, -0.2) is 46.3 Å². The lowest BCUT2D eigenvalue weighted by atomic mass is 10.0. The topological polar surface area (TPSA) is 100 Å². The number of aliphatic imine (C=N–C) groups is 1. The molecular weight excluding hydrogens is 378 g/mol. The highest BCUT2D eigenvalue weighted by Crippen LogP contribution is 2.38. The Morgan fingerprint density at radius 3 is 1.69 bits per heavy atom. The fourth-order valence-corrected chi connectivity index (χ4v) is 2.49. The Hall–Kier alpha value is -2.38. The van der Waals surface area contributed by atoms with Gasteiger partial charge in [0.1, 0.15) is 22.3 Å². The van der Waals surface area contributed by atoms with E-state index in [-0.39, 0.29) is 17.0 Å². The first-order valence-electron chi connectivity index (χ1n) is 9.44. The molecule has 0 radical (unpaired) electrons. The average molecular weight is 411 g/mol. The zero-order chi connectivity index (χ0) is 23.0. The van der Waals surface area contributed by atoms with Crippen molar-refractivity contribution < 1.29 is 33.3 Å². The lowest BCUT2D eigenvalue weighted by Crippen LogP contribution is -2.39. The van der Waals surface area contributed by atoms with E-state index < -0.39 is 40.4 Å². The van der Waals surface area contributed by atoms with Gasteiger partial charge in [-0.05, 0) is 62.3 Å². The Labute approximate surface area is 172 Å². The van der Waals surface area contributed by atoms with Crippen LogP contribution in [0.4, 0.5) is 0 Å². The lowest BCUT2D eigenvalue weighted by molar-refractivity contribution is -0.183. The number of carbonyl (C=O) groups excluding carboxylic acids is 3. The zero-order valence-corrected chi connectivity index (χ0v) is 19.3. The van der Waals surface area contributed by atoms with Gasteiger partial charge in [0.15, 0.2) is 0 Å². The summed E-state index contributed by atoms with van der Waals surface area (Å²) in [5.74, 6) is -4.41. The molecule has 0 aromatic carbocycles. The number of rotatable bonds is 3. The molecule has 29 heavy (non-hydrogen) atoms. The molecule has 1 aliphatic rings. The first-order chi connectivity index (χ1) is 12.7. The van der Waals surface area contributed by atoms with Crippen LogP contribution < -0.4 is 0 Å². The van der Waals surface area contributed by atoms with Gasteiger partial charge in [-0.15, -0.1) is 0 Å². The van der Waals surface area contributed by atoms with Gasteiger partial charge in [0.2, 0.25) is 5.90 Å². The van der Waals surface area contributed by atoms with E-state index in [0.29, 0.717) is 0 Å². The summed E-state index contributed by atoms with van der Waals surface area (Å²) in [6.45, 7) is 18.1. The molecule has 164 valence electrons. The molecule has 0 aromatic rings. The third-order valence-corrected chi connectivity index (χ3v) is 3.19. The van der Waals surface area contributed by atoms with E-state index in [9.17, 15) is 14.4 Å². The quantitative estimate of drug-likeness (QED) is 0.518. The van der Waals surface area contributed by atoms with Crippen LogP contribution in [0.3, 0.4) is 0 Å². The molecule has 1 atom stereocenters. The highest BCUT2D eigenvalue weighted by Gasteiger charge is 2.54. The summed E-state index contributed by atoms with van der Waals surface area (Å²) >= 11 is 0. The second kappa shape index (κ2) is 7.80. The van der Waals surface area contributed by atoms with Crippen molar-refractivity contribution in [2.75, 3.05) is 0 Å². The van der Waals surface area contributed by atoms with Crippen LogP contribution in [0.5, 0.6) is 0 Å². The molecule has 1 rings (SSSR count). The lowest BCUT2D eigenvalue weighted by Gasteiger charge is -2.27. The van der Waals surface area contributed by atoms with E-state index in [1.54, 1.807) is 62.3 Å². The van der Waals surface area contributed by atoms with Gasteiger partial charge in [0.25, 0.3) is 5.79 Å². The molecule has 8 heteroatoms. The van der Waals surface area contributed by atoms with Gasteiger partial charge in [0, 0.05) is 13.8 Å². The van der Waals surface area contributed by atoms with Crippen molar-refractivity contribution in [2.45, 2.75) is 98.7 Å². The number of nitrogens with zero attached hydrogens (tertiary/aromatic N) is 1. The van der Waals surface area contributed by atoms with Crippen molar-refractivity contribution in [1.29, 1.82) is 0 Å². The standard InChI is InChI=1S/C21H33NO7/c1-12(23)26-21(11)14(17(25)29-20(8,9)10)13(16(24)28-19(5,6)7)15(27-21)22-18(2,3)4/h1-11H3. The summed E-state index contributed by atoms with van der Waals surface area (Å²) < 4.78 is 22.0. The van der Waals surface area contributed by atoms with Crippen LogP contribution in [-0.2, 0) is 33.3 Å². The molecule has 8 nitrogen and oxygen atoms in total. The predicted molar refractivity (Wildman–Crippen MR) is 107 cm³/mol. The summed E-state index contributed by atoms with van der Waals surface area (Å²) in [4.78, 5) is 42.2. The van der Waals surface area contributed by atoms with Crippen LogP contribution in [0.2, 0.25) is 0 Å². The maximum absolute atomic E-state index is 13.0. The Bertz CT molecular complexity index is 757. The van der Waals surface area contributed by atoms with Crippen molar-refractivity contribution in [3.63, 3.8) is 0 Å². The monoisotopic (exact) mass is 411 g/mol. The minimum absolute atomic E-state index is 0.142. The Morgan fingerprint density at radius 1 is 0.862 bits per heavy atom. The minimum Gasteiger partial charge on any atom is -0.456 e. The van der Waals surface area contributed by atoms with Gasteiger partial charge >= 0.3 is 17.9 Å². The minimum atomic E-state index is -1.88. The van der Waals surface area contributed by atoms with Gasteiger partial charge in [0.05, 0.1) is 5.54 Å². The van der Waals surface area contributed by atoms with E-state index in [1.807, 2.05) is 0 Å². The Kier molecular flexibility index (Phi) is 6.63. The SMILES string of the molecule is CC(=O)OC1(C)OC(=NC(C)(C)C)C(C(=O)OC(C)(C)C)=C1C(=O)OC(C)(C)C. The van der Waals surface area contributed by atoms with Gasteiger partial charge in [-0.2, -0.15) is 0 Å². The molecule has 0 fully saturated rings. The molecule has 0 bridgehead atoms. The third-order valence-electron chi connectivity index (χ3n) is 3.19. The van der Waals surface area contributed by atoms with Gasteiger partial charge in [-0.1, -0.05) is 0 Å². The van der Waals surface area contributed by atoms with E-state index in [1.165, 1.54) is 13.8 Å². The summed E-state index contributed by atoms with van der Waals surface area (Å²) in [5, 5.41) is 0. The molecule has 0 aromatic heterocycles. The maximum atomic E-state index is 13.0. The third kappa shape index (κ3) is 7.18. The van der Waals surface area contributed by atoms with Gasteiger partial charge in [-0.25, -0.2) is 14.6 Å². The van der Waals surface area contributed by atoms with Crippen LogP contribution in [0.25, 0.3) is 0 Å². The maximum Gasteiger partial charge on any atom is 0.345 e. The van der Waals surface area contributed by atoms with Crippen LogP contribution in [0.15, 0.2) is 16.1 Å². The molecule has 0 amide bonds. The highest BCUT2D eigenvalue weighted by atomic mass is 16.7. The summed E-state index contributed by atoms with van der Waals surface area (Å²) in [6.07, 6.45) is 0. The second-order valence-electron chi connectivity index (χ2n) is 9.98. The smallest absolute Gasteiger partial charge is 0.345 e. The van der Waals surface area contributed by atoms with Crippen LogP contribution >= 0.6 is 0 Å². The molecule has 0 saturated carbocycles. The molecule has 1 heterocycles. The van der Waals surface area contributed by atoms with E-state index in [0.717, 1.165) is 0 Å². The van der Waals surface area contributed by atoms with Gasteiger partial charge < -0.3 is 18.9 Å². The number of hydrogen-bond acceptors (Lipinski definition) is 8. The summed E-state index contributed by atoms with van der Waals surface area (Å²) in [5.41, 5.74) is -2.82. The van der Waals surface area contributed by atoms with Crippen molar-refractivity contribution in [1.82, 2.24) is 0 Å². The molecule has 1 unspecified atom stereocenters. The van der Waals surface area contributed by atoms with E-state index >= 15 is 0 Å². The van der Waals surface area contributed by atoms with Gasteiger partial charge in [-0.3, -0.25) is 4.79 Å². The molecule has 0 aliphatic carbocycles. The van der Waals surface area contributed by atoms with E-state index in [2.05, 4.69) is 4.99 Å². The van der Waals surface area contributed by atoms with E-state index in [4.69, 9.17) is 18.9 Å². The normalized spacial score (nSPS) is 21.7. The fraction of sp³-hybridized carbons (Fsp3) is 0.714. The summed E-state index contributed by atoms with van der Waals surface area (Å²) in [7, 11) is 0. The molecular formula is C21H33NO7. The number of hydrogen-bond donors (Lipinski definition) is 0. The van der Waals surface area contributed by atoms with Crippen molar-refractivity contribution in [3.8, 4) is 0 Å². The van der Waals surface area contributed by atoms with Crippen LogP contribution in [0.1, 0.15) is 76.2 Å². The van der Waals surface area contributed by atoms with Crippen molar-refractivity contribution in [2.24, 2.45) is 4.99 Å². The fourth-order valence-electron chi connectivity index (χ4n) is 2.49. The predicted octanol–water partition coefficient (Wildman–Crippen LogP) is 3.47. The molecule has 0 saturated heterocycles. The zero-order valence-electron chi connectivity index (χ0n) is 19.3. The molecule has 1 aliphatic heterocycles.